The van der Waals surface area contributed by atoms with Crippen molar-refractivity contribution in [2.75, 3.05) is 4.90 Å². The highest BCUT2D eigenvalue weighted by Crippen LogP contribution is 2.40. The molecule has 0 N–H and O–H groups in total. The molecule has 0 bridgehead atoms. The van der Waals surface area contributed by atoms with Crippen molar-refractivity contribution in [2.24, 2.45) is 0 Å². The highest BCUT2D eigenvalue weighted by molar-refractivity contribution is 6.25. The average Bonchev–Trinajstić information content (AvgIpc) is 3.14. The fourth-order valence-electron chi connectivity index (χ4n) is 7.10. The van der Waals surface area contributed by atoms with Gasteiger partial charge in [0.1, 0.15) is 0 Å². The summed E-state index contributed by atoms with van der Waals surface area (Å²) in [7, 11) is 0. The quantitative estimate of drug-likeness (QED) is 0.136. The van der Waals surface area contributed by atoms with E-state index in [9.17, 15) is 0 Å². The third-order valence-electron chi connectivity index (χ3n) is 9.39. The van der Waals surface area contributed by atoms with E-state index in [1.165, 1.54) is 65.5 Å². The minimum atomic E-state index is 1.13. The highest BCUT2D eigenvalue weighted by Gasteiger charge is 2.15. The van der Waals surface area contributed by atoms with Crippen LogP contribution in [0.1, 0.15) is 11.1 Å². The molecule has 0 aliphatic carbocycles. The van der Waals surface area contributed by atoms with Crippen molar-refractivity contribution in [3.63, 3.8) is 0 Å². The summed E-state index contributed by atoms with van der Waals surface area (Å²) in [5.74, 6) is 0. The van der Waals surface area contributed by atoms with E-state index in [0.717, 1.165) is 16.9 Å². The van der Waals surface area contributed by atoms with E-state index in [1.54, 1.807) is 0 Å². The first kappa shape index (κ1) is 27.2. The maximum atomic E-state index is 2.34. The molecule has 0 saturated carbocycles. The largest absolute Gasteiger partial charge is 0.310 e. The van der Waals surface area contributed by atoms with Crippen LogP contribution in [-0.2, 0) is 0 Å². The summed E-state index contributed by atoms with van der Waals surface area (Å²) < 4.78 is 0. The molecule has 0 aliphatic rings. The Morgan fingerprint density at radius 3 is 1.66 bits per heavy atom. The van der Waals surface area contributed by atoms with Gasteiger partial charge in [-0.2, -0.15) is 0 Å². The minimum Gasteiger partial charge on any atom is -0.310 e. The molecule has 0 unspecified atom stereocenters. The molecular formula is C46H31N. The van der Waals surface area contributed by atoms with Gasteiger partial charge in [-0.05, 0) is 90.3 Å². The minimum absolute atomic E-state index is 1.13. The van der Waals surface area contributed by atoms with Crippen LogP contribution in [-0.4, -0.2) is 0 Å². The van der Waals surface area contributed by atoms with Crippen molar-refractivity contribution in [1.29, 1.82) is 0 Å². The predicted molar refractivity (Wildman–Crippen MR) is 203 cm³/mol. The predicted octanol–water partition coefficient (Wildman–Crippen LogP) is 13.0. The number of rotatable bonds is 6. The first-order valence-electron chi connectivity index (χ1n) is 16.2. The summed E-state index contributed by atoms with van der Waals surface area (Å²) in [4.78, 5) is 2.34. The van der Waals surface area contributed by atoms with Crippen molar-refractivity contribution < 1.29 is 0 Å². The van der Waals surface area contributed by atoms with Gasteiger partial charge in [0.15, 0.2) is 0 Å². The Morgan fingerprint density at radius 2 is 0.894 bits per heavy atom. The van der Waals surface area contributed by atoms with Crippen molar-refractivity contribution in [2.45, 2.75) is 0 Å². The first-order chi connectivity index (χ1) is 23.3. The van der Waals surface area contributed by atoms with Gasteiger partial charge >= 0.3 is 0 Å². The molecule has 0 fully saturated rings. The fraction of sp³-hybridized carbons (Fsp3) is 0. The molecule has 0 amide bonds. The van der Waals surface area contributed by atoms with E-state index < -0.39 is 0 Å². The number of anilines is 3. The van der Waals surface area contributed by atoms with Gasteiger partial charge in [0.25, 0.3) is 0 Å². The topological polar surface area (TPSA) is 3.24 Å². The van der Waals surface area contributed by atoms with E-state index >= 15 is 0 Å². The molecule has 0 radical (unpaired) electrons. The lowest BCUT2D eigenvalue weighted by molar-refractivity contribution is 1.30. The Labute approximate surface area is 274 Å². The van der Waals surface area contributed by atoms with Crippen LogP contribution < -0.4 is 4.90 Å². The number of hydrogen-bond donors (Lipinski definition) is 0. The second kappa shape index (κ2) is 11.3. The van der Waals surface area contributed by atoms with Gasteiger partial charge in [0.2, 0.25) is 0 Å². The van der Waals surface area contributed by atoms with E-state index in [4.69, 9.17) is 0 Å². The van der Waals surface area contributed by atoms with Crippen LogP contribution in [0.25, 0.3) is 66.4 Å². The lowest BCUT2D eigenvalue weighted by Gasteiger charge is -2.27. The van der Waals surface area contributed by atoms with E-state index in [0.29, 0.717) is 0 Å². The Hall–Kier alpha value is -6.18. The zero-order chi connectivity index (χ0) is 31.2. The molecule has 0 spiro atoms. The van der Waals surface area contributed by atoms with E-state index in [1.807, 2.05) is 0 Å². The van der Waals surface area contributed by atoms with Crippen molar-refractivity contribution in [3.05, 3.63) is 187 Å². The molecule has 0 aliphatic heterocycles. The van der Waals surface area contributed by atoms with Gasteiger partial charge in [0.05, 0.1) is 5.69 Å². The zero-order valence-electron chi connectivity index (χ0n) is 25.8. The Kier molecular flexibility index (Phi) is 6.54. The van der Waals surface area contributed by atoms with Crippen molar-refractivity contribution in [3.8, 4) is 11.1 Å². The molecule has 0 heterocycles. The molecule has 1 nitrogen and oxygen atoms in total. The second-order valence-corrected chi connectivity index (χ2v) is 12.2. The fourth-order valence-corrected chi connectivity index (χ4v) is 7.10. The Balaban J connectivity index is 1.01. The standard InChI is InChI=1S/C46H31N/c1-2-12-39(13-3-1)47(44-15-7-9-34-8-4-5-14-42(34)44)40-28-20-33(21-29-40)17-16-32-18-22-35(23-19-32)41-30-26-38-25-24-36-10-6-11-37-27-31-43(41)46(38)45(36)37/h1-31H. The van der Waals surface area contributed by atoms with Crippen LogP contribution in [0.4, 0.5) is 17.1 Å². The molecule has 220 valence electrons. The lowest BCUT2D eigenvalue weighted by Crippen LogP contribution is -2.10. The monoisotopic (exact) mass is 597 g/mol. The molecule has 1 heteroatoms. The summed E-state index contributed by atoms with van der Waals surface area (Å²) in [5.41, 5.74) is 8.28. The molecule has 9 aromatic carbocycles. The normalized spacial score (nSPS) is 11.7. The van der Waals surface area contributed by atoms with Gasteiger partial charge in [-0.25, -0.2) is 0 Å². The van der Waals surface area contributed by atoms with Gasteiger partial charge in [-0.3, -0.25) is 0 Å². The molecule has 0 aromatic heterocycles. The van der Waals surface area contributed by atoms with Crippen LogP contribution in [0, 0.1) is 0 Å². The summed E-state index contributed by atoms with van der Waals surface area (Å²) in [6.45, 7) is 0. The van der Waals surface area contributed by atoms with Crippen LogP contribution in [0.2, 0.25) is 0 Å². The Morgan fingerprint density at radius 1 is 0.340 bits per heavy atom. The SMILES string of the molecule is C(=Cc1ccc(N(c2ccccc2)c2cccc3ccccc23)cc1)c1ccc(-c2ccc3ccc4cccc5ccc2c3c45)cc1. The molecular weight excluding hydrogens is 567 g/mol. The number of para-hydroxylation sites is 1. The molecule has 9 aromatic rings. The smallest absolute Gasteiger partial charge is 0.0540 e. The molecule has 0 saturated heterocycles. The van der Waals surface area contributed by atoms with Crippen molar-refractivity contribution in [1.82, 2.24) is 0 Å². The van der Waals surface area contributed by atoms with Crippen LogP contribution in [0.3, 0.4) is 0 Å². The third kappa shape index (κ3) is 4.81. The number of fused-ring (bicyclic) bond motifs is 1. The summed E-state index contributed by atoms with van der Waals surface area (Å²) in [6, 6.07) is 63.6. The molecule has 47 heavy (non-hydrogen) atoms. The average molecular weight is 598 g/mol. The maximum Gasteiger partial charge on any atom is 0.0540 e. The van der Waals surface area contributed by atoms with E-state index in [-0.39, 0.29) is 0 Å². The zero-order valence-corrected chi connectivity index (χ0v) is 25.8. The van der Waals surface area contributed by atoms with Crippen LogP contribution in [0.15, 0.2) is 176 Å². The lowest BCUT2D eigenvalue weighted by atomic mass is 9.90. The number of benzene rings is 9. The number of hydrogen-bond acceptors (Lipinski definition) is 1. The molecule has 9 rings (SSSR count). The maximum absolute atomic E-state index is 2.34. The summed E-state index contributed by atoms with van der Waals surface area (Å²) >= 11 is 0. The Bertz CT molecular complexity index is 2520. The van der Waals surface area contributed by atoms with Crippen molar-refractivity contribution >= 4 is 72.3 Å². The summed E-state index contributed by atoms with van der Waals surface area (Å²) in [6.07, 6.45) is 4.39. The van der Waals surface area contributed by atoms with Crippen LogP contribution >= 0.6 is 0 Å². The van der Waals surface area contributed by atoms with Gasteiger partial charge in [0, 0.05) is 16.8 Å². The van der Waals surface area contributed by atoms with E-state index in [2.05, 4.69) is 193 Å². The molecule has 0 atom stereocenters. The highest BCUT2D eigenvalue weighted by atomic mass is 15.1. The first-order valence-corrected chi connectivity index (χ1v) is 16.2. The third-order valence-corrected chi connectivity index (χ3v) is 9.39. The summed E-state index contributed by atoms with van der Waals surface area (Å²) in [5, 5.41) is 10.4. The van der Waals surface area contributed by atoms with Gasteiger partial charge < -0.3 is 4.90 Å². The second-order valence-electron chi connectivity index (χ2n) is 12.2. The van der Waals surface area contributed by atoms with Gasteiger partial charge in [-0.1, -0.05) is 158 Å². The van der Waals surface area contributed by atoms with Gasteiger partial charge in [-0.15, -0.1) is 0 Å². The van der Waals surface area contributed by atoms with Crippen LogP contribution in [0.5, 0.6) is 0 Å². The number of nitrogens with zero attached hydrogens (tertiary/aromatic N) is 1.